The second-order valence-corrected chi connectivity index (χ2v) is 35.0. The quantitative estimate of drug-likeness (QED) is 0.0467. The summed E-state index contributed by atoms with van der Waals surface area (Å²) in [6.07, 6.45) is 2.70. The Morgan fingerprint density at radius 1 is 0.513 bits per heavy atom. The van der Waals surface area contributed by atoms with Crippen molar-refractivity contribution in [2.24, 2.45) is 53.3 Å². The number of nitrogens with one attached hydrogen (secondary N) is 7. The highest BCUT2D eigenvalue weighted by molar-refractivity contribution is 6.13. The number of hydrogen-bond acceptors (Lipinski definition) is 16. The summed E-state index contributed by atoms with van der Waals surface area (Å²) in [6, 6.07) is -18.7. The molecule has 31 nitrogen and oxygen atoms in total. The van der Waals surface area contributed by atoms with Crippen molar-refractivity contribution in [3.63, 3.8) is 0 Å². The lowest BCUT2D eigenvalue weighted by Crippen LogP contribution is -2.64. The van der Waals surface area contributed by atoms with E-state index < -0.39 is 186 Å². The van der Waals surface area contributed by atoms with Crippen molar-refractivity contribution in [3.8, 4) is 0 Å². The van der Waals surface area contributed by atoms with Crippen LogP contribution in [0.25, 0.3) is 0 Å². The standard InChI is InChI=1S/C82H145N15O16/c1-27-51(16)64-77(108)94(25)62(43-50(14)15)75(106)92(23)61(42-49(12)13)73(104)89-68(79(110)95(26)82(113)84-58(40-47(8)9)74(105)91(22)56(38-45(4)5)44-63(99)85-67(55(20)98)78(109)90(21)54(19)69(100)86-64)81(112)97-37-33-34-59(97)71(102)88-65(52(17)28-2)76(107)93(24)60(41-48(10)11)72(103)83-57(39-46(6)7)70(101)87-66(53(18)29-3)80(111)96-35-31-30-32-36-96/h45-62,64-68,98H,27-44H2,1-26H3,(H,83,103)(H,84,113)(H,85,99)(H,86,100)(H,87,101)(H,88,102)(H,89,104)/t51?,52-,53-,54-,55+,56-,57-,58-,59-,60-,61-,62-,64-,65-,66-,67-,68-/m0/s1. The van der Waals surface area contributed by atoms with E-state index in [1.165, 1.54) is 63.8 Å². The minimum absolute atomic E-state index is 0.0151. The molecule has 3 aliphatic rings. The normalized spacial score (nSPS) is 24.7. The third-order valence-corrected chi connectivity index (χ3v) is 22.7. The molecule has 0 aliphatic carbocycles. The molecule has 0 radical (unpaired) electrons. The van der Waals surface area contributed by atoms with Crippen LogP contribution in [-0.4, -0.2) is 280 Å². The molecule has 3 saturated heterocycles. The average Bonchev–Trinajstić information content (AvgIpc) is 1.77. The van der Waals surface area contributed by atoms with Crippen molar-refractivity contribution in [1.29, 1.82) is 0 Å². The van der Waals surface area contributed by atoms with Gasteiger partial charge in [-0.05, 0) is 138 Å². The number of imide groups is 1. The summed E-state index contributed by atoms with van der Waals surface area (Å²) in [5.41, 5.74) is 0. The van der Waals surface area contributed by atoms with Crippen LogP contribution >= 0.6 is 0 Å². The summed E-state index contributed by atoms with van der Waals surface area (Å²) in [7, 11) is 7.96. The molecule has 3 fully saturated rings. The molecule has 0 saturated carbocycles. The largest absolute Gasteiger partial charge is 0.391 e. The summed E-state index contributed by atoms with van der Waals surface area (Å²) in [4.78, 5) is 234. The fourth-order valence-corrected chi connectivity index (χ4v) is 14.8. The van der Waals surface area contributed by atoms with Gasteiger partial charge >= 0.3 is 6.03 Å². The van der Waals surface area contributed by atoms with Crippen molar-refractivity contribution in [3.05, 3.63) is 0 Å². The van der Waals surface area contributed by atoms with Crippen LogP contribution in [0.15, 0.2) is 0 Å². The highest BCUT2D eigenvalue weighted by atomic mass is 16.3. The van der Waals surface area contributed by atoms with Crippen LogP contribution in [-0.2, 0) is 67.1 Å². The number of nitrogens with zero attached hydrogens (tertiary/aromatic N) is 8. The molecule has 0 spiro atoms. The van der Waals surface area contributed by atoms with E-state index in [-0.39, 0.29) is 105 Å². The SMILES string of the molecule is CCC(C)[C@@H]1NC(=O)[C@H](C)N(C)C(=O)[C@H]([C@@H](C)O)NC(=O)C[C@H](CC(C)C)N(C)C(=O)[C@H](CC(C)C)NC(=O)N(C)C(=O)[C@@H](C(=O)N2CCC[C@H]2C(=O)N[C@H](C(=O)N(C)[C@@H](CC(C)C)C(=O)N[C@@H](CC(C)C)C(=O)N[C@H](C(=O)N2CCCCC2)[C@@H](C)CC)[C@@H](C)CC)NC(=O)[C@H](CC(C)C)N(C)C(=O)[C@H](CC(C)C)N(C)C1=O. The van der Waals surface area contributed by atoms with Gasteiger partial charge in [0.05, 0.1) is 6.10 Å². The first-order valence-electron chi connectivity index (χ1n) is 41.6. The Morgan fingerprint density at radius 2 is 1.04 bits per heavy atom. The number of hydrogen-bond donors (Lipinski definition) is 8. The van der Waals surface area contributed by atoms with Gasteiger partial charge in [0.2, 0.25) is 70.9 Å². The Labute approximate surface area is 673 Å². The molecule has 16 amide bonds. The van der Waals surface area contributed by atoms with Crippen molar-refractivity contribution in [2.45, 2.75) is 319 Å². The predicted molar refractivity (Wildman–Crippen MR) is 432 cm³/mol. The Morgan fingerprint density at radius 3 is 1.57 bits per heavy atom. The smallest absolute Gasteiger partial charge is 0.324 e. The minimum atomic E-state index is -2.33. The maximum absolute atomic E-state index is 15.8. The zero-order chi connectivity index (χ0) is 86.2. The van der Waals surface area contributed by atoms with Crippen LogP contribution in [0.1, 0.15) is 235 Å². The fourth-order valence-electron chi connectivity index (χ4n) is 14.8. The summed E-state index contributed by atoms with van der Waals surface area (Å²) < 4.78 is 0. The van der Waals surface area contributed by atoms with Gasteiger partial charge < -0.3 is 76.6 Å². The number of aliphatic hydroxyl groups is 1. The van der Waals surface area contributed by atoms with Crippen LogP contribution in [0.4, 0.5) is 4.79 Å². The second kappa shape index (κ2) is 45.9. The van der Waals surface area contributed by atoms with E-state index in [4.69, 9.17) is 0 Å². The van der Waals surface area contributed by atoms with Crippen LogP contribution in [0.2, 0.25) is 0 Å². The van der Waals surface area contributed by atoms with Crippen molar-refractivity contribution < 1.29 is 77.0 Å². The van der Waals surface area contributed by atoms with Crippen molar-refractivity contribution in [2.75, 3.05) is 61.9 Å². The number of aliphatic hydroxyl groups excluding tert-OH is 1. The zero-order valence-corrected chi connectivity index (χ0v) is 73.2. The van der Waals surface area contributed by atoms with Gasteiger partial charge in [-0.1, -0.05) is 144 Å². The van der Waals surface area contributed by atoms with Crippen molar-refractivity contribution in [1.82, 2.24) is 76.4 Å². The van der Waals surface area contributed by atoms with Gasteiger partial charge in [-0.3, -0.25) is 72.0 Å². The minimum Gasteiger partial charge on any atom is -0.391 e. The molecule has 31 heteroatoms. The molecular weight excluding hydrogens is 1450 g/mol. The molecule has 17 atom stereocenters. The maximum atomic E-state index is 15.8. The van der Waals surface area contributed by atoms with Gasteiger partial charge in [-0.2, -0.15) is 0 Å². The number of likely N-dealkylation sites (tertiary alicyclic amines) is 2. The van der Waals surface area contributed by atoms with E-state index in [9.17, 15) is 43.5 Å². The summed E-state index contributed by atoms with van der Waals surface area (Å²) in [5.74, 6) is -13.7. The van der Waals surface area contributed by atoms with Gasteiger partial charge in [0.15, 0.2) is 6.04 Å². The van der Waals surface area contributed by atoms with Crippen LogP contribution in [0.5, 0.6) is 0 Å². The zero-order valence-electron chi connectivity index (χ0n) is 73.2. The molecule has 0 aromatic rings. The summed E-state index contributed by atoms with van der Waals surface area (Å²) >= 11 is 0. The lowest BCUT2D eigenvalue weighted by Gasteiger charge is -2.38. The lowest BCUT2D eigenvalue weighted by molar-refractivity contribution is -0.152. The third-order valence-electron chi connectivity index (χ3n) is 22.7. The topological polar surface area (TPSA) is 386 Å². The fraction of sp³-hybridized carbons (Fsp3) is 0.817. The first kappa shape index (κ1) is 99.2. The second-order valence-electron chi connectivity index (χ2n) is 35.0. The molecule has 3 aliphatic heterocycles. The van der Waals surface area contributed by atoms with Crippen LogP contribution in [0, 0.1) is 53.3 Å². The molecule has 3 heterocycles. The van der Waals surface area contributed by atoms with Gasteiger partial charge in [0, 0.05) is 74.4 Å². The number of amides is 16. The summed E-state index contributed by atoms with van der Waals surface area (Å²) in [6.45, 7) is 36.6. The molecule has 8 N–H and O–H groups in total. The van der Waals surface area contributed by atoms with E-state index in [0.29, 0.717) is 37.3 Å². The van der Waals surface area contributed by atoms with E-state index in [1.807, 2.05) is 69.2 Å². The van der Waals surface area contributed by atoms with E-state index in [1.54, 1.807) is 60.3 Å². The van der Waals surface area contributed by atoms with E-state index in [0.717, 1.165) is 41.0 Å². The van der Waals surface area contributed by atoms with E-state index >= 15 is 33.6 Å². The highest BCUT2D eigenvalue weighted by Crippen LogP contribution is 2.27. The molecular formula is C82H145N15O16. The lowest BCUT2D eigenvalue weighted by atomic mass is 9.94. The van der Waals surface area contributed by atoms with Gasteiger partial charge in [0.25, 0.3) is 11.8 Å². The van der Waals surface area contributed by atoms with Crippen LogP contribution in [0.3, 0.4) is 0 Å². The number of carbonyl (C=O) groups is 15. The average molecular weight is 1600 g/mol. The molecule has 0 aromatic heterocycles. The number of carbonyl (C=O) groups excluding carboxylic acids is 15. The monoisotopic (exact) mass is 1600 g/mol. The first-order chi connectivity index (χ1) is 52.6. The number of rotatable bonds is 29. The molecule has 3 rings (SSSR count). The molecule has 1 unspecified atom stereocenters. The number of piperidine rings is 1. The van der Waals surface area contributed by atoms with Crippen LogP contribution < -0.4 is 37.2 Å². The van der Waals surface area contributed by atoms with Crippen molar-refractivity contribution >= 4 is 88.7 Å². The Kier molecular flexibility index (Phi) is 40.3. The third kappa shape index (κ3) is 28.2. The molecule has 0 bridgehead atoms. The molecule has 644 valence electrons. The Bertz CT molecular complexity index is 3250. The number of urea groups is 1. The van der Waals surface area contributed by atoms with Gasteiger partial charge in [0.1, 0.15) is 66.5 Å². The van der Waals surface area contributed by atoms with E-state index in [2.05, 4.69) is 37.2 Å². The molecule has 0 aromatic carbocycles. The Hall–Kier alpha value is -7.99. The highest BCUT2D eigenvalue weighted by Gasteiger charge is 2.48. The number of likely N-dealkylation sites (N-methyl/N-ethyl adjacent to an activating group) is 6. The van der Waals surface area contributed by atoms with Gasteiger partial charge in [-0.25, -0.2) is 4.79 Å². The Balaban J connectivity index is 2.32. The predicted octanol–water partition coefficient (Wildman–Crippen LogP) is 4.79. The maximum Gasteiger partial charge on any atom is 0.324 e. The van der Waals surface area contributed by atoms with Gasteiger partial charge in [-0.15, -0.1) is 0 Å². The summed E-state index contributed by atoms with van der Waals surface area (Å²) in [5, 5.41) is 30.6. The molecule has 113 heavy (non-hydrogen) atoms. The first-order valence-corrected chi connectivity index (χ1v) is 41.6.